The van der Waals surface area contributed by atoms with Gasteiger partial charge in [0.05, 0.1) is 42.5 Å². The van der Waals surface area contributed by atoms with Gasteiger partial charge >= 0.3 is 0 Å². The molecule has 2 aromatic carbocycles. The van der Waals surface area contributed by atoms with Gasteiger partial charge in [-0.25, -0.2) is 9.37 Å². The summed E-state index contributed by atoms with van der Waals surface area (Å²) in [5, 5.41) is 13.4. The van der Waals surface area contributed by atoms with Gasteiger partial charge in [0.1, 0.15) is 11.6 Å². The lowest BCUT2D eigenvalue weighted by molar-refractivity contribution is -0.138. The summed E-state index contributed by atoms with van der Waals surface area (Å²) in [7, 11) is 1.57. The monoisotopic (exact) mass is 450 g/mol. The third-order valence-electron chi connectivity index (χ3n) is 6.20. The predicted octanol–water partition coefficient (Wildman–Crippen LogP) is 4.51. The SMILES string of the molecule is COc1cc(/C(=N/O)C2CCCN(C(C)c3ccc(F)cc3)C2=O)ccc1-n1cnc(C)c1. The van der Waals surface area contributed by atoms with E-state index >= 15 is 0 Å². The molecule has 1 aliphatic heterocycles. The molecule has 0 radical (unpaired) electrons. The fraction of sp³-hybridized carbons (Fsp3) is 0.320. The molecule has 1 amide bonds. The number of aryl methyl sites for hydroxylation is 1. The molecule has 1 saturated heterocycles. The van der Waals surface area contributed by atoms with E-state index in [1.165, 1.54) is 12.1 Å². The summed E-state index contributed by atoms with van der Waals surface area (Å²) in [6.07, 6.45) is 4.94. The number of halogens is 1. The molecule has 0 spiro atoms. The second-order valence-corrected chi connectivity index (χ2v) is 8.25. The predicted molar refractivity (Wildman–Crippen MR) is 122 cm³/mol. The Morgan fingerprint density at radius 2 is 2.03 bits per heavy atom. The number of likely N-dealkylation sites (tertiary alicyclic amines) is 1. The van der Waals surface area contributed by atoms with Crippen LogP contribution in [0.5, 0.6) is 5.75 Å². The van der Waals surface area contributed by atoms with Gasteiger partial charge in [0.2, 0.25) is 5.91 Å². The van der Waals surface area contributed by atoms with Crippen molar-refractivity contribution in [2.75, 3.05) is 13.7 Å². The summed E-state index contributed by atoms with van der Waals surface area (Å²) < 4.78 is 20.8. The number of hydrogen-bond donors (Lipinski definition) is 1. The molecule has 1 fully saturated rings. The topological polar surface area (TPSA) is 80.0 Å². The van der Waals surface area contributed by atoms with Gasteiger partial charge in [-0.2, -0.15) is 0 Å². The van der Waals surface area contributed by atoms with Crippen LogP contribution in [0, 0.1) is 18.7 Å². The average Bonchev–Trinajstić information content (AvgIpc) is 3.26. The molecule has 0 bridgehead atoms. The van der Waals surface area contributed by atoms with Gasteiger partial charge in [0.15, 0.2) is 0 Å². The molecule has 2 atom stereocenters. The summed E-state index contributed by atoms with van der Waals surface area (Å²) in [6, 6.07) is 11.4. The van der Waals surface area contributed by atoms with Crippen LogP contribution in [-0.4, -0.2) is 44.9 Å². The minimum atomic E-state index is -0.585. The number of carbonyl (C=O) groups excluding carboxylic acids is 1. The zero-order chi connectivity index (χ0) is 23.5. The van der Waals surface area contributed by atoms with Crippen molar-refractivity contribution < 1.29 is 19.1 Å². The number of nitrogens with zero attached hydrogens (tertiary/aromatic N) is 4. The first-order chi connectivity index (χ1) is 15.9. The van der Waals surface area contributed by atoms with E-state index in [-0.39, 0.29) is 17.8 Å². The minimum Gasteiger partial charge on any atom is -0.495 e. The molecule has 0 aliphatic carbocycles. The largest absolute Gasteiger partial charge is 0.495 e. The molecule has 33 heavy (non-hydrogen) atoms. The Morgan fingerprint density at radius 1 is 1.27 bits per heavy atom. The maximum absolute atomic E-state index is 13.4. The highest BCUT2D eigenvalue weighted by Crippen LogP contribution is 2.32. The van der Waals surface area contributed by atoms with Crippen molar-refractivity contribution in [2.24, 2.45) is 11.1 Å². The molecule has 1 aromatic heterocycles. The average molecular weight is 451 g/mol. The summed E-state index contributed by atoms with van der Waals surface area (Å²) >= 11 is 0. The number of methoxy groups -OCH3 is 1. The van der Waals surface area contributed by atoms with Crippen LogP contribution in [0.25, 0.3) is 5.69 Å². The van der Waals surface area contributed by atoms with Crippen molar-refractivity contribution in [1.82, 2.24) is 14.5 Å². The van der Waals surface area contributed by atoms with Crippen LogP contribution in [0.1, 0.15) is 42.6 Å². The Labute approximate surface area is 192 Å². The Bertz CT molecular complexity index is 1170. The second kappa shape index (κ2) is 9.44. The van der Waals surface area contributed by atoms with Crippen LogP contribution >= 0.6 is 0 Å². The van der Waals surface area contributed by atoms with Gasteiger partial charge in [-0.1, -0.05) is 23.4 Å². The number of carbonyl (C=O) groups is 1. The van der Waals surface area contributed by atoms with Crippen molar-refractivity contribution >= 4 is 11.6 Å². The normalized spacial score (nSPS) is 17.8. The molecule has 2 unspecified atom stereocenters. The lowest BCUT2D eigenvalue weighted by Crippen LogP contribution is -2.45. The zero-order valence-electron chi connectivity index (χ0n) is 18.9. The number of rotatable bonds is 6. The Hall–Kier alpha value is -3.68. The van der Waals surface area contributed by atoms with E-state index < -0.39 is 5.92 Å². The molecule has 172 valence electrons. The van der Waals surface area contributed by atoms with E-state index in [4.69, 9.17) is 4.74 Å². The van der Waals surface area contributed by atoms with Crippen LogP contribution in [0.3, 0.4) is 0 Å². The molecule has 2 heterocycles. The third-order valence-corrected chi connectivity index (χ3v) is 6.20. The highest BCUT2D eigenvalue weighted by atomic mass is 19.1. The number of piperidine rings is 1. The number of ether oxygens (including phenoxy) is 1. The van der Waals surface area contributed by atoms with Gasteiger partial charge in [0, 0.05) is 18.3 Å². The molecule has 3 aromatic rings. The van der Waals surface area contributed by atoms with Gasteiger partial charge in [-0.15, -0.1) is 0 Å². The first-order valence-electron chi connectivity index (χ1n) is 10.9. The smallest absolute Gasteiger partial charge is 0.232 e. The molecule has 8 heteroatoms. The van der Waals surface area contributed by atoms with Crippen molar-refractivity contribution in [2.45, 2.75) is 32.7 Å². The van der Waals surface area contributed by atoms with Gasteiger partial charge in [-0.3, -0.25) is 4.79 Å². The van der Waals surface area contributed by atoms with Crippen molar-refractivity contribution in [3.63, 3.8) is 0 Å². The van der Waals surface area contributed by atoms with Crippen LogP contribution in [0.4, 0.5) is 4.39 Å². The fourth-order valence-electron chi connectivity index (χ4n) is 4.39. The number of aromatic nitrogens is 2. The Kier molecular flexibility index (Phi) is 6.44. The highest BCUT2D eigenvalue weighted by molar-refractivity contribution is 6.13. The van der Waals surface area contributed by atoms with Crippen molar-refractivity contribution in [3.8, 4) is 11.4 Å². The molecule has 1 N–H and O–H groups in total. The lowest BCUT2D eigenvalue weighted by Gasteiger charge is -2.37. The zero-order valence-corrected chi connectivity index (χ0v) is 18.9. The Morgan fingerprint density at radius 3 is 2.67 bits per heavy atom. The van der Waals surface area contributed by atoms with E-state index in [0.29, 0.717) is 30.0 Å². The number of benzene rings is 2. The van der Waals surface area contributed by atoms with E-state index in [1.54, 1.807) is 36.5 Å². The van der Waals surface area contributed by atoms with E-state index in [0.717, 1.165) is 23.4 Å². The maximum Gasteiger partial charge on any atom is 0.232 e. The Balaban J connectivity index is 1.61. The van der Waals surface area contributed by atoms with Crippen LogP contribution in [-0.2, 0) is 4.79 Å². The highest BCUT2D eigenvalue weighted by Gasteiger charge is 2.36. The summed E-state index contributed by atoms with van der Waals surface area (Å²) in [5.41, 5.74) is 3.45. The van der Waals surface area contributed by atoms with Gasteiger partial charge < -0.3 is 19.4 Å². The summed E-state index contributed by atoms with van der Waals surface area (Å²) in [4.78, 5) is 19.5. The number of amides is 1. The number of oxime groups is 1. The second-order valence-electron chi connectivity index (χ2n) is 8.25. The lowest BCUT2D eigenvalue weighted by atomic mass is 9.87. The quantitative estimate of drug-likeness (QED) is 0.341. The van der Waals surface area contributed by atoms with Crippen molar-refractivity contribution in [3.05, 3.63) is 77.6 Å². The van der Waals surface area contributed by atoms with Crippen molar-refractivity contribution in [1.29, 1.82) is 0 Å². The maximum atomic E-state index is 13.4. The first-order valence-corrected chi connectivity index (χ1v) is 10.9. The standard InChI is InChI=1S/C25H27FN4O3/c1-16-14-29(15-27-16)22-11-8-19(13-23(22)33-3)24(28-32)21-5-4-12-30(25(21)31)17(2)18-6-9-20(26)10-7-18/h6-11,13-15,17,21,32H,4-5,12H2,1-3H3/b28-24-. The van der Waals surface area contributed by atoms with Gasteiger partial charge in [-0.05, 0) is 56.5 Å². The van der Waals surface area contributed by atoms with Gasteiger partial charge in [0.25, 0.3) is 0 Å². The van der Waals surface area contributed by atoms with Crippen LogP contribution < -0.4 is 4.74 Å². The molecular weight excluding hydrogens is 423 g/mol. The molecule has 0 saturated carbocycles. The summed E-state index contributed by atoms with van der Waals surface area (Å²) in [6.45, 7) is 4.42. The number of hydrogen-bond acceptors (Lipinski definition) is 5. The van der Waals surface area contributed by atoms with Crippen LogP contribution in [0.2, 0.25) is 0 Å². The minimum absolute atomic E-state index is 0.112. The molecule has 4 rings (SSSR count). The molecular formula is C25H27FN4O3. The van der Waals surface area contributed by atoms with E-state index in [9.17, 15) is 14.4 Å². The number of imidazole rings is 1. The van der Waals surface area contributed by atoms with E-state index in [2.05, 4.69) is 10.1 Å². The summed E-state index contributed by atoms with van der Waals surface area (Å²) in [5.74, 6) is -0.436. The third kappa shape index (κ3) is 4.46. The molecule has 7 nitrogen and oxygen atoms in total. The van der Waals surface area contributed by atoms with E-state index in [1.807, 2.05) is 36.7 Å². The van der Waals surface area contributed by atoms with Crippen LogP contribution in [0.15, 0.2) is 60.1 Å². The fourth-order valence-corrected chi connectivity index (χ4v) is 4.39. The molecule has 1 aliphatic rings. The first kappa shape index (κ1) is 22.5.